The minimum Gasteiger partial charge on any atom is -0.355 e. The molecule has 0 aliphatic carbocycles. The van der Waals surface area contributed by atoms with Crippen LogP contribution in [0.3, 0.4) is 0 Å². The first-order valence-corrected chi connectivity index (χ1v) is 11.0. The Hall–Kier alpha value is -0.870. The minimum absolute atomic E-state index is 0. The van der Waals surface area contributed by atoms with E-state index in [2.05, 4.69) is 43.8 Å². The van der Waals surface area contributed by atoms with Gasteiger partial charge >= 0.3 is 0 Å². The molecule has 0 bridgehead atoms. The van der Waals surface area contributed by atoms with Gasteiger partial charge in [-0.2, -0.15) is 0 Å². The topological polar surface area (TPSA) is 60.0 Å². The van der Waals surface area contributed by atoms with Crippen molar-refractivity contribution in [3.63, 3.8) is 0 Å². The molecule has 0 aromatic carbocycles. The number of halogens is 1. The lowest BCUT2D eigenvalue weighted by atomic mass is 9.79. The lowest BCUT2D eigenvalue weighted by Gasteiger charge is -2.41. The third-order valence-electron chi connectivity index (χ3n) is 6.38. The number of likely N-dealkylation sites (tertiary alicyclic amines) is 1. The predicted molar refractivity (Wildman–Crippen MR) is 126 cm³/mol. The number of carbonyl (C=O) groups excluding carboxylic acids is 1. The molecular weight excluding hydrogens is 485 g/mol. The highest BCUT2D eigenvalue weighted by Crippen LogP contribution is 2.36. The van der Waals surface area contributed by atoms with Crippen molar-refractivity contribution in [3.8, 4) is 0 Å². The SMILES string of the molecule is CN=C(NCC(C)N1CCc2sccc2C1)N1CCCC2(CNC(=O)C2)C1.I. The van der Waals surface area contributed by atoms with E-state index in [1.165, 1.54) is 12.0 Å². The summed E-state index contributed by atoms with van der Waals surface area (Å²) in [7, 11) is 1.87. The number of amides is 1. The summed E-state index contributed by atoms with van der Waals surface area (Å²) in [5, 5.41) is 8.84. The van der Waals surface area contributed by atoms with Crippen molar-refractivity contribution in [1.82, 2.24) is 20.4 Å². The van der Waals surface area contributed by atoms with Crippen molar-refractivity contribution in [1.29, 1.82) is 0 Å². The first-order valence-electron chi connectivity index (χ1n) is 10.1. The number of rotatable bonds is 3. The van der Waals surface area contributed by atoms with Gasteiger partial charge in [-0.1, -0.05) is 0 Å². The monoisotopic (exact) mass is 517 g/mol. The van der Waals surface area contributed by atoms with Gasteiger partial charge in [0, 0.05) is 69.1 Å². The van der Waals surface area contributed by atoms with Gasteiger partial charge < -0.3 is 15.5 Å². The number of piperidine rings is 1. The van der Waals surface area contributed by atoms with Gasteiger partial charge in [-0.3, -0.25) is 14.7 Å². The maximum Gasteiger partial charge on any atom is 0.220 e. The molecule has 2 saturated heterocycles. The summed E-state index contributed by atoms with van der Waals surface area (Å²) in [6.45, 7) is 8.14. The number of hydrogen-bond donors (Lipinski definition) is 2. The first kappa shape index (κ1) is 21.8. The molecule has 1 amide bonds. The average molecular weight is 517 g/mol. The van der Waals surface area contributed by atoms with E-state index in [4.69, 9.17) is 0 Å². The summed E-state index contributed by atoms with van der Waals surface area (Å²) >= 11 is 1.89. The molecule has 1 spiro atoms. The highest BCUT2D eigenvalue weighted by atomic mass is 127. The predicted octanol–water partition coefficient (Wildman–Crippen LogP) is 2.29. The fourth-order valence-electron chi connectivity index (χ4n) is 4.78. The van der Waals surface area contributed by atoms with E-state index in [9.17, 15) is 4.79 Å². The number of aliphatic imine (C=N–C) groups is 1. The van der Waals surface area contributed by atoms with Gasteiger partial charge in [0.05, 0.1) is 0 Å². The van der Waals surface area contributed by atoms with Crippen molar-refractivity contribution in [2.45, 2.75) is 45.2 Å². The minimum atomic E-state index is 0. The summed E-state index contributed by atoms with van der Waals surface area (Å²) in [6.07, 6.45) is 4.08. The molecule has 2 unspecified atom stereocenters. The molecule has 2 N–H and O–H groups in total. The zero-order valence-electron chi connectivity index (χ0n) is 16.9. The summed E-state index contributed by atoms with van der Waals surface area (Å²) in [5.41, 5.74) is 1.60. The molecule has 4 rings (SSSR count). The molecule has 1 aromatic heterocycles. The zero-order valence-corrected chi connectivity index (χ0v) is 20.0. The van der Waals surface area contributed by atoms with Gasteiger partial charge in [-0.15, -0.1) is 35.3 Å². The number of thiophene rings is 1. The van der Waals surface area contributed by atoms with E-state index in [1.807, 2.05) is 18.4 Å². The van der Waals surface area contributed by atoms with Crippen LogP contribution in [0, 0.1) is 5.41 Å². The van der Waals surface area contributed by atoms with Gasteiger partial charge in [-0.05, 0) is 43.2 Å². The molecule has 2 atom stereocenters. The van der Waals surface area contributed by atoms with Crippen LogP contribution >= 0.6 is 35.3 Å². The van der Waals surface area contributed by atoms with Crippen LogP contribution in [0.2, 0.25) is 0 Å². The van der Waals surface area contributed by atoms with Crippen LogP contribution in [0.15, 0.2) is 16.4 Å². The second-order valence-corrected chi connectivity index (χ2v) is 9.35. The first-order chi connectivity index (χ1) is 13.1. The third kappa shape index (κ3) is 4.64. The molecule has 2 fully saturated rings. The molecule has 28 heavy (non-hydrogen) atoms. The number of nitrogens with one attached hydrogen (secondary N) is 2. The normalized spacial score (nSPS) is 26.6. The van der Waals surface area contributed by atoms with Gasteiger partial charge in [0.15, 0.2) is 5.96 Å². The molecule has 3 aliphatic heterocycles. The van der Waals surface area contributed by atoms with Crippen LogP contribution in [-0.4, -0.2) is 67.5 Å². The van der Waals surface area contributed by atoms with Crippen molar-refractivity contribution in [2.24, 2.45) is 10.4 Å². The average Bonchev–Trinajstić information content (AvgIpc) is 3.28. The summed E-state index contributed by atoms with van der Waals surface area (Å²) < 4.78 is 0. The molecule has 6 nitrogen and oxygen atoms in total. The Morgan fingerprint density at radius 2 is 2.32 bits per heavy atom. The third-order valence-corrected chi connectivity index (χ3v) is 7.41. The molecule has 4 heterocycles. The Morgan fingerprint density at radius 3 is 3.07 bits per heavy atom. The Kier molecular flexibility index (Phi) is 7.25. The fourth-order valence-corrected chi connectivity index (χ4v) is 5.67. The number of fused-ring (bicyclic) bond motifs is 1. The van der Waals surface area contributed by atoms with E-state index >= 15 is 0 Å². The van der Waals surface area contributed by atoms with Gasteiger partial charge in [-0.25, -0.2) is 0 Å². The second kappa shape index (κ2) is 9.30. The van der Waals surface area contributed by atoms with Crippen LogP contribution in [-0.2, 0) is 17.8 Å². The summed E-state index contributed by atoms with van der Waals surface area (Å²) in [6, 6.07) is 2.73. The molecule has 0 saturated carbocycles. The quantitative estimate of drug-likeness (QED) is 0.367. The van der Waals surface area contributed by atoms with Crippen LogP contribution in [0.25, 0.3) is 0 Å². The second-order valence-electron chi connectivity index (χ2n) is 8.35. The summed E-state index contributed by atoms with van der Waals surface area (Å²) in [5.74, 6) is 1.18. The number of guanidine groups is 1. The van der Waals surface area contributed by atoms with Crippen molar-refractivity contribution < 1.29 is 4.79 Å². The van der Waals surface area contributed by atoms with Crippen molar-refractivity contribution >= 4 is 47.2 Å². The highest BCUT2D eigenvalue weighted by Gasteiger charge is 2.42. The van der Waals surface area contributed by atoms with E-state index in [0.29, 0.717) is 12.5 Å². The number of carbonyl (C=O) groups is 1. The van der Waals surface area contributed by atoms with E-state index < -0.39 is 0 Å². The standard InChI is InChI=1S/C20H31N5OS.HI/c1-15(24-8-4-17-16(12-24)5-9-27-17)11-22-19(21-2)25-7-3-6-20(14-25)10-18(26)23-13-20;/h5,9,15H,3-4,6-8,10-14H2,1-2H3,(H,21,22)(H,23,26);1H. The smallest absolute Gasteiger partial charge is 0.220 e. The highest BCUT2D eigenvalue weighted by molar-refractivity contribution is 14.0. The largest absolute Gasteiger partial charge is 0.355 e. The van der Waals surface area contributed by atoms with Gasteiger partial charge in [0.1, 0.15) is 0 Å². The molecule has 0 radical (unpaired) electrons. The Bertz CT molecular complexity index is 723. The maximum atomic E-state index is 11.7. The van der Waals surface area contributed by atoms with Crippen LogP contribution in [0.1, 0.15) is 36.6 Å². The maximum absolute atomic E-state index is 11.7. The molecular formula is C20H32IN5OS. The summed E-state index contributed by atoms with van der Waals surface area (Å²) in [4.78, 5) is 22.7. The van der Waals surface area contributed by atoms with E-state index in [0.717, 1.165) is 58.1 Å². The lowest BCUT2D eigenvalue weighted by molar-refractivity contribution is -0.119. The van der Waals surface area contributed by atoms with Crippen LogP contribution in [0.4, 0.5) is 0 Å². The molecule has 156 valence electrons. The Balaban J connectivity index is 0.00000225. The molecule has 8 heteroatoms. The van der Waals surface area contributed by atoms with E-state index in [-0.39, 0.29) is 35.3 Å². The Morgan fingerprint density at radius 1 is 1.46 bits per heavy atom. The van der Waals surface area contributed by atoms with E-state index in [1.54, 1.807) is 4.88 Å². The molecule has 3 aliphatic rings. The lowest BCUT2D eigenvalue weighted by Crippen LogP contribution is -2.53. The van der Waals surface area contributed by atoms with Gasteiger partial charge in [0.2, 0.25) is 5.91 Å². The molecule has 1 aromatic rings. The number of hydrogen-bond acceptors (Lipinski definition) is 4. The number of nitrogens with zero attached hydrogens (tertiary/aromatic N) is 3. The van der Waals surface area contributed by atoms with Crippen LogP contribution in [0.5, 0.6) is 0 Å². The zero-order chi connectivity index (χ0) is 18.9. The fraction of sp³-hybridized carbons (Fsp3) is 0.700. The van der Waals surface area contributed by atoms with Crippen LogP contribution < -0.4 is 10.6 Å². The van der Waals surface area contributed by atoms with Crippen molar-refractivity contribution in [3.05, 3.63) is 21.9 Å². The van der Waals surface area contributed by atoms with Gasteiger partial charge in [0.25, 0.3) is 0 Å². The Labute approximate surface area is 189 Å². The van der Waals surface area contributed by atoms with Crippen molar-refractivity contribution in [2.75, 3.05) is 39.8 Å².